The molecule has 0 saturated heterocycles. The second-order valence-electron chi connectivity index (χ2n) is 22.4. The quantitative estimate of drug-likeness (QED) is 0.0261. The highest BCUT2D eigenvalue weighted by Gasteiger charge is 2.19. The molecule has 0 aliphatic carbocycles. The molecule has 430 valence electrons. The fraction of sp³-hybridized carbons (Fsp3) is 0.896. The summed E-state index contributed by atoms with van der Waals surface area (Å²) in [5.41, 5.74) is 0. The van der Waals surface area contributed by atoms with Crippen molar-refractivity contribution in [2.45, 2.75) is 374 Å². The van der Waals surface area contributed by atoms with E-state index in [0.29, 0.717) is 19.3 Å². The molecule has 0 aliphatic rings. The summed E-state index contributed by atoms with van der Waals surface area (Å²) in [6.45, 7) is 6.57. The molecular weight excluding hydrogens is 901 g/mol. The van der Waals surface area contributed by atoms with Crippen molar-refractivity contribution < 1.29 is 28.6 Å². The number of hydrogen-bond acceptors (Lipinski definition) is 6. The summed E-state index contributed by atoms with van der Waals surface area (Å²) in [4.78, 5) is 37.9. The molecule has 0 aliphatic heterocycles. The molecule has 0 amide bonds. The Morgan fingerprint density at radius 3 is 0.808 bits per heavy atom. The van der Waals surface area contributed by atoms with E-state index in [1.165, 1.54) is 238 Å². The normalized spacial score (nSPS) is 12.1. The molecular formula is C67H126O6. The second kappa shape index (κ2) is 62.4. The second-order valence-corrected chi connectivity index (χ2v) is 22.4. The maximum absolute atomic E-state index is 12.8. The third kappa shape index (κ3) is 60.6. The fourth-order valence-corrected chi connectivity index (χ4v) is 10.0. The van der Waals surface area contributed by atoms with Gasteiger partial charge in [0.05, 0.1) is 0 Å². The van der Waals surface area contributed by atoms with E-state index in [4.69, 9.17) is 14.2 Å². The number of allylic oxidation sites excluding steroid dienone is 4. The van der Waals surface area contributed by atoms with Crippen LogP contribution >= 0.6 is 0 Å². The number of ether oxygens (including phenoxy) is 3. The number of esters is 3. The van der Waals surface area contributed by atoms with Gasteiger partial charge in [-0.2, -0.15) is 0 Å². The molecule has 0 aromatic rings. The van der Waals surface area contributed by atoms with Gasteiger partial charge in [-0.25, -0.2) is 0 Å². The number of rotatable bonds is 61. The zero-order chi connectivity index (χ0) is 52.9. The van der Waals surface area contributed by atoms with Crippen LogP contribution in [0.25, 0.3) is 0 Å². The lowest BCUT2D eigenvalue weighted by atomic mass is 10.0. The maximum atomic E-state index is 12.8. The molecule has 0 rings (SSSR count). The fourth-order valence-electron chi connectivity index (χ4n) is 10.0. The van der Waals surface area contributed by atoms with Gasteiger partial charge in [-0.15, -0.1) is 0 Å². The van der Waals surface area contributed by atoms with Crippen molar-refractivity contribution in [3.8, 4) is 0 Å². The Labute approximate surface area is 455 Å². The van der Waals surface area contributed by atoms with Crippen LogP contribution in [0.2, 0.25) is 0 Å². The molecule has 0 N–H and O–H groups in total. The van der Waals surface area contributed by atoms with E-state index < -0.39 is 6.10 Å². The summed E-state index contributed by atoms with van der Waals surface area (Å²) in [6.07, 6.45) is 75.4. The topological polar surface area (TPSA) is 78.9 Å². The molecule has 0 spiro atoms. The molecule has 0 radical (unpaired) electrons. The first-order valence-corrected chi connectivity index (χ1v) is 32.8. The molecule has 73 heavy (non-hydrogen) atoms. The highest BCUT2D eigenvalue weighted by molar-refractivity contribution is 5.71. The Morgan fingerprint density at radius 2 is 0.521 bits per heavy atom. The molecule has 6 heteroatoms. The van der Waals surface area contributed by atoms with Crippen molar-refractivity contribution in [1.82, 2.24) is 0 Å². The van der Waals surface area contributed by atoms with Crippen LogP contribution in [-0.4, -0.2) is 37.2 Å². The van der Waals surface area contributed by atoms with Crippen molar-refractivity contribution >= 4 is 17.9 Å². The SMILES string of the molecule is CCC/C=C\C/C=C\CCCCCCCC(=O)OC(COC(=O)CCCCCCCCC)COC(=O)CCCCCCCCCCCCCCCCCCCCCCCCCCCCCCCCCCCCC. The standard InChI is InChI=1S/C67H126O6/c1-4-7-10-13-16-18-20-22-23-24-25-26-27-28-29-30-31-32-33-34-35-36-37-38-39-40-41-42-43-45-46-48-51-54-57-60-66(69)72-63-64(62-71-65(68)59-56-53-50-15-12-9-6-3)73-67(70)61-58-55-52-49-47-44-21-19-17-14-11-8-5-2/h11,14,19,21,64H,4-10,12-13,15-18,20,22-63H2,1-3H3/b14-11-,21-19-. The largest absolute Gasteiger partial charge is 0.462 e. The molecule has 1 atom stereocenters. The minimum atomic E-state index is -0.772. The summed E-state index contributed by atoms with van der Waals surface area (Å²) in [7, 11) is 0. The Bertz CT molecular complexity index is 1180. The van der Waals surface area contributed by atoms with Gasteiger partial charge in [0.2, 0.25) is 0 Å². The Hall–Kier alpha value is -2.11. The molecule has 0 aromatic heterocycles. The smallest absolute Gasteiger partial charge is 0.306 e. The van der Waals surface area contributed by atoms with Crippen molar-refractivity contribution in [2.24, 2.45) is 0 Å². The van der Waals surface area contributed by atoms with Gasteiger partial charge in [0.1, 0.15) is 13.2 Å². The van der Waals surface area contributed by atoms with Crippen LogP contribution in [-0.2, 0) is 28.6 Å². The predicted octanol–water partition coefficient (Wildman–Crippen LogP) is 22.2. The number of hydrogen-bond donors (Lipinski definition) is 0. The molecule has 6 nitrogen and oxygen atoms in total. The van der Waals surface area contributed by atoms with E-state index >= 15 is 0 Å². The first kappa shape index (κ1) is 70.9. The van der Waals surface area contributed by atoms with Crippen LogP contribution in [0.4, 0.5) is 0 Å². The van der Waals surface area contributed by atoms with Crippen molar-refractivity contribution in [3.63, 3.8) is 0 Å². The van der Waals surface area contributed by atoms with Crippen molar-refractivity contribution in [3.05, 3.63) is 24.3 Å². The zero-order valence-corrected chi connectivity index (χ0v) is 49.4. The number of carbonyl (C=O) groups excluding carboxylic acids is 3. The van der Waals surface area contributed by atoms with Gasteiger partial charge >= 0.3 is 17.9 Å². The van der Waals surface area contributed by atoms with E-state index in [1.54, 1.807) is 0 Å². The van der Waals surface area contributed by atoms with Crippen LogP contribution in [0.3, 0.4) is 0 Å². The lowest BCUT2D eigenvalue weighted by molar-refractivity contribution is -0.167. The van der Waals surface area contributed by atoms with E-state index in [0.717, 1.165) is 89.9 Å². The Kier molecular flexibility index (Phi) is 60.6. The summed E-state index contributed by atoms with van der Waals surface area (Å²) < 4.78 is 16.8. The van der Waals surface area contributed by atoms with Gasteiger partial charge in [0.25, 0.3) is 0 Å². The Balaban J connectivity index is 3.86. The molecule has 0 heterocycles. The summed E-state index contributed by atoms with van der Waals surface area (Å²) >= 11 is 0. The average molecular weight is 1030 g/mol. The van der Waals surface area contributed by atoms with Gasteiger partial charge in [-0.05, 0) is 44.9 Å². The summed E-state index contributed by atoms with van der Waals surface area (Å²) in [5.74, 6) is -0.875. The average Bonchev–Trinajstić information content (AvgIpc) is 3.39. The third-order valence-corrected chi connectivity index (χ3v) is 14.9. The van der Waals surface area contributed by atoms with Gasteiger partial charge in [0, 0.05) is 19.3 Å². The van der Waals surface area contributed by atoms with Crippen LogP contribution in [0, 0.1) is 0 Å². The monoisotopic (exact) mass is 1030 g/mol. The van der Waals surface area contributed by atoms with Gasteiger partial charge < -0.3 is 14.2 Å². The molecule has 0 saturated carbocycles. The Morgan fingerprint density at radius 1 is 0.274 bits per heavy atom. The van der Waals surface area contributed by atoms with Gasteiger partial charge in [0.15, 0.2) is 6.10 Å². The first-order valence-electron chi connectivity index (χ1n) is 32.8. The van der Waals surface area contributed by atoms with Crippen molar-refractivity contribution in [1.29, 1.82) is 0 Å². The minimum absolute atomic E-state index is 0.0725. The van der Waals surface area contributed by atoms with E-state index in [1.807, 2.05) is 0 Å². The number of unbranched alkanes of at least 4 members (excludes halogenated alkanes) is 46. The number of carbonyl (C=O) groups is 3. The molecule has 0 fully saturated rings. The van der Waals surface area contributed by atoms with Gasteiger partial charge in [-0.3, -0.25) is 14.4 Å². The first-order chi connectivity index (χ1) is 36.0. The van der Waals surface area contributed by atoms with Crippen LogP contribution in [0.15, 0.2) is 24.3 Å². The van der Waals surface area contributed by atoms with E-state index in [2.05, 4.69) is 45.1 Å². The van der Waals surface area contributed by atoms with Gasteiger partial charge in [-0.1, -0.05) is 328 Å². The zero-order valence-electron chi connectivity index (χ0n) is 49.4. The highest BCUT2D eigenvalue weighted by atomic mass is 16.6. The summed E-state index contributed by atoms with van der Waals surface area (Å²) in [6, 6.07) is 0. The van der Waals surface area contributed by atoms with Crippen LogP contribution in [0.5, 0.6) is 0 Å². The van der Waals surface area contributed by atoms with E-state index in [-0.39, 0.29) is 31.1 Å². The van der Waals surface area contributed by atoms with Crippen LogP contribution in [0.1, 0.15) is 367 Å². The maximum Gasteiger partial charge on any atom is 0.306 e. The minimum Gasteiger partial charge on any atom is -0.462 e. The molecule has 0 bridgehead atoms. The summed E-state index contributed by atoms with van der Waals surface area (Å²) in [5, 5.41) is 0. The third-order valence-electron chi connectivity index (χ3n) is 14.9. The van der Waals surface area contributed by atoms with Crippen LogP contribution < -0.4 is 0 Å². The predicted molar refractivity (Wildman–Crippen MR) is 316 cm³/mol. The van der Waals surface area contributed by atoms with Crippen molar-refractivity contribution in [2.75, 3.05) is 13.2 Å². The lowest BCUT2D eigenvalue weighted by Gasteiger charge is -2.18. The molecule has 0 aromatic carbocycles. The highest BCUT2D eigenvalue weighted by Crippen LogP contribution is 2.19. The lowest BCUT2D eigenvalue weighted by Crippen LogP contribution is -2.30. The van der Waals surface area contributed by atoms with E-state index in [9.17, 15) is 14.4 Å². The molecule has 1 unspecified atom stereocenters.